The van der Waals surface area contributed by atoms with E-state index in [4.69, 9.17) is 0 Å². The molecule has 1 aromatic heterocycles. The van der Waals surface area contributed by atoms with Crippen LogP contribution in [-0.4, -0.2) is 47.4 Å². The van der Waals surface area contributed by atoms with Gasteiger partial charge in [-0.05, 0) is 25.6 Å². The van der Waals surface area contributed by atoms with Crippen molar-refractivity contribution >= 4 is 0 Å². The lowest BCUT2D eigenvalue weighted by atomic mass is 10.4. The molecule has 0 radical (unpaired) electrons. The second kappa shape index (κ2) is 8.30. The number of nitrogens with one attached hydrogen (secondary N) is 1. The summed E-state index contributed by atoms with van der Waals surface area (Å²) in [7, 11) is 0. The third-order valence-corrected chi connectivity index (χ3v) is 2.67. The first-order valence-corrected chi connectivity index (χ1v) is 6.27. The summed E-state index contributed by atoms with van der Waals surface area (Å²) in [6.07, 6.45) is 5.05. The quantitative estimate of drug-likeness (QED) is 0.640. The molecule has 4 nitrogen and oxygen atoms in total. The van der Waals surface area contributed by atoms with Gasteiger partial charge in [0.25, 0.3) is 0 Å². The maximum absolute atomic E-state index is 4.16. The van der Waals surface area contributed by atoms with Gasteiger partial charge in [-0.2, -0.15) is 5.10 Å². The summed E-state index contributed by atoms with van der Waals surface area (Å²) < 4.78 is 1.95. The maximum Gasteiger partial charge on any atom is 0.0533 e. The third kappa shape index (κ3) is 5.28. The van der Waals surface area contributed by atoms with E-state index < -0.39 is 0 Å². The van der Waals surface area contributed by atoms with E-state index in [0.29, 0.717) is 0 Å². The number of aromatic nitrogens is 2. The second-order valence-electron chi connectivity index (χ2n) is 3.95. The summed E-state index contributed by atoms with van der Waals surface area (Å²) in [6, 6.07) is 1.96. The van der Waals surface area contributed by atoms with Gasteiger partial charge in [0.1, 0.15) is 0 Å². The zero-order valence-electron chi connectivity index (χ0n) is 10.5. The molecule has 0 saturated heterocycles. The van der Waals surface area contributed by atoms with Gasteiger partial charge in [0, 0.05) is 32.0 Å². The van der Waals surface area contributed by atoms with Crippen LogP contribution in [0.3, 0.4) is 0 Å². The zero-order chi connectivity index (χ0) is 11.6. The molecule has 0 atom stereocenters. The topological polar surface area (TPSA) is 33.1 Å². The molecule has 92 valence electrons. The molecule has 4 heteroatoms. The molecule has 0 amide bonds. The molecule has 0 fully saturated rings. The summed E-state index contributed by atoms with van der Waals surface area (Å²) in [5.41, 5.74) is 0. The Morgan fingerprint density at radius 2 is 2.12 bits per heavy atom. The summed E-state index contributed by atoms with van der Waals surface area (Å²) in [5, 5.41) is 7.61. The Balaban J connectivity index is 1.98. The van der Waals surface area contributed by atoms with E-state index in [9.17, 15) is 0 Å². The lowest BCUT2D eigenvalue weighted by molar-refractivity contribution is 0.287. The van der Waals surface area contributed by atoms with Gasteiger partial charge in [0.15, 0.2) is 0 Å². The summed E-state index contributed by atoms with van der Waals surface area (Å²) in [5.74, 6) is 0. The maximum atomic E-state index is 4.16. The second-order valence-corrected chi connectivity index (χ2v) is 3.95. The van der Waals surface area contributed by atoms with Gasteiger partial charge < -0.3 is 10.2 Å². The number of likely N-dealkylation sites (N-methyl/N-ethyl adjacent to an activating group) is 1. The Kier molecular flexibility index (Phi) is 6.85. The highest BCUT2D eigenvalue weighted by molar-refractivity contribution is 4.77. The van der Waals surface area contributed by atoms with Gasteiger partial charge in [-0.3, -0.25) is 4.68 Å². The number of rotatable bonds is 9. The highest BCUT2D eigenvalue weighted by Crippen LogP contribution is 1.89. The molecule has 1 rings (SSSR count). The first-order chi connectivity index (χ1) is 7.86. The Hall–Kier alpha value is -0.870. The molecule has 0 aliphatic carbocycles. The van der Waals surface area contributed by atoms with E-state index in [1.807, 2.05) is 23.1 Å². The highest BCUT2D eigenvalue weighted by atomic mass is 15.3. The lowest BCUT2D eigenvalue weighted by Gasteiger charge is -2.19. The van der Waals surface area contributed by atoms with E-state index in [0.717, 1.165) is 32.7 Å². The predicted molar refractivity (Wildman–Crippen MR) is 67.5 cm³/mol. The van der Waals surface area contributed by atoms with Crippen molar-refractivity contribution < 1.29 is 0 Å². The van der Waals surface area contributed by atoms with Crippen molar-refractivity contribution in [1.82, 2.24) is 20.0 Å². The van der Waals surface area contributed by atoms with Crippen molar-refractivity contribution in [3.05, 3.63) is 18.5 Å². The number of hydrogen-bond acceptors (Lipinski definition) is 3. The SMILES string of the molecule is CCCN(CC)CCNCCn1cccn1. The van der Waals surface area contributed by atoms with Gasteiger partial charge in [-0.1, -0.05) is 13.8 Å². The summed E-state index contributed by atoms with van der Waals surface area (Å²) >= 11 is 0. The predicted octanol–water partition coefficient (Wildman–Crippen LogP) is 1.20. The Labute approximate surface area is 98.6 Å². The van der Waals surface area contributed by atoms with Crippen molar-refractivity contribution in [2.75, 3.05) is 32.7 Å². The Morgan fingerprint density at radius 1 is 1.25 bits per heavy atom. The van der Waals surface area contributed by atoms with Crippen LogP contribution in [0.4, 0.5) is 0 Å². The molecule has 0 saturated carbocycles. The minimum atomic E-state index is 0.951. The minimum Gasteiger partial charge on any atom is -0.314 e. The molecule has 0 aromatic carbocycles. The van der Waals surface area contributed by atoms with Gasteiger partial charge in [-0.15, -0.1) is 0 Å². The monoisotopic (exact) mass is 224 g/mol. The van der Waals surface area contributed by atoms with Gasteiger partial charge in [0.05, 0.1) is 6.54 Å². The number of hydrogen-bond donors (Lipinski definition) is 1. The zero-order valence-corrected chi connectivity index (χ0v) is 10.5. The average molecular weight is 224 g/mol. The van der Waals surface area contributed by atoms with E-state index in [1.165, 1.54) is 13.0 Å². The fourth-order valence-electron chi connectivity index (χ4n) is 1.73. The van der Waals surface area contributed by atoms with Crippen LogP contribution in [0.1, 0.15) is 20.3 Å². The largest absolute Gasteiger partial charge is 0.314 e. The van der Waals surface area contributed by atoms with Crippen LogP contribution in [0.15, 0.2) is 18.5 Å². The molecule has 0 spiro atoms. The van der Waals surface area contributed by atoms with Crippen molar-refractivity contribution in [2.45, 2.75) is 26.8 Å². The highest BCUT2D eigenvalue weighted by Gasteiger charge is 1.99. The minimum absolute atomic E-state index is 0.951. The molecular formula is C12H24N4. The molecule has 0 bridgehead atoms. The van der Waals surface area contributed by atoms with Crippen LogP contribution in [-0.2, 0) is 6.54 Å². The summed E-state index contributed by atoms with van der Waals surface area (Å²) in [4.78, 5) is 2.47. The van der Waals surface area contributed by atoms with Crippen molar-refractivity contribution in [3.8, 4) is 0 Å². The van der Waals surface area contributed by atoms with Crippen LogP contribution < -0.4 is 5.32 Å². The molecule has 1 N–H and O–H groups in total. The fourth-order valence-corrected chi connectivity index (χ4v) is 1.73. The normalized spacial score (nSPS) is 11.2. The first kappa shape index (κ1) is 13.2. The Bertz CT molecular complexity index is 246. The molecule has 1 heterocycles. The van der Waals surface area contributed by atoms with Crippen molar-refractivity contribution in [3.63, 3.8) is 0 Å². The van der Waals surface area contributed by atoms with Gasteiger partial charge in [-0.25, -0.2) is 0 Å². The van der Waals surface area contributed by atoms with Crippen LogP contribution in [0.5, 0.6) is 0 Å². The molecule has 1 aromatic rings. The molecule has 16 heavy (non-hydrogen) atoms. The van der Waals surface area contributed by atoms with Crippen LogP contribution in [0.2, 0.25) is 0 Å². The van der Waals surface area contributed by atoms with E-state index in [-0.39, 0.29) is 0 Å². The van der Waals surface area contributed by atoms with Gasteiger partial charge >= 0.3 is 0 Å². The third-order valence-electron chi connectivity index (χ3n) is 2.67. The average Bonchev–Trinajstić information content (AvgIpc) is 2.80. The van der Waals surface area contributed by atoms with E-state index >= 15 is 0 Å². The first-order valence-electron chi connectivity index (χ1n) is 6.27. The fraction of sp³-hybridized carbons (Fsp3) is 0.750. The molecule has 0 unspecified atom stereocenters. The molecule has 0 aliphatic rings. The smallest absolute Gasteiger partial charge is 0.0533 e. The van der Waals surface area contributed by atoms with Gasteiger partial charge in [0.2, 0.25) is 0 Å². The number of nitrogens with zero attached hydrogens (tertiary/aromatic N) is 3. The van der Waals surface area contributed by atoms with Crippen molar-refractivity contribution in [1.29, 1.82) is 0 Å². The van der Waals surface area contributed by atoms with Crippen LogP contribution in [0, 0.1) is 0 Å². The van der Waals surface area contributed by atoms with E-state index in [2.05, 4.69) is 29.2 Å². The van der Waals surface area contributed by atoms with Crippen molar-refractivity contribution in [2.24, 2.45) is 0 Å². The van der Waals surface area contributed by atoms with Crippen LogP contribution >= 0.6 is 0 Å². The molecule has 0 aliphatic heterocycles. The standard InChI is InChI=1S/C12H24N4/c1-3-9-15(4-2)11-7-13-8-12-16-10-5-6-14-16/h5-6,10,13H,3-4,7-9,11-12H2,1-2H3. The molecular weight excluding hydrogens is 200 g/mol. The van der Waals surface area contributed by atoms with Crippen LogP contribution in [0.25, 0.3) is 0 Å². The Morgan fingerprint density at radius 3 is 2.75 bits per heavy atom. The summed E-state index contributed by atoms with van der Waals surface area (Å²) in [6.45, 7) is 11.0. The van der Waals surface area contributed by atoms with E-state index in [1.54, 1.807) is 0 Å². The lowest BCUT2D eigenvalue weighted by Crippen LogP contribution is -2.33.